The predicted octanol–water partition coefficient (Wildman–Crippen LogP) is 6.92. The van der Waals surface area contributed by atoms with Crippen molar-refractivity contribution in [3.8, 4) is 0 Å². The summed E-state index contributed by atoms with van der Waals surface area (Å²) in [5, 5.41) is 16.0. The van der Waals surface area contributed by atoms with Crippen molar-refractivity contribution in [3.63, 3.8) is 0 Å². The van der Waals surface area contributed by atoms with Gasteiger partial charge in [-0.25, -0.2) is 0 Å². The van der Waals surface area contributed by atoms with Gasteiger partial charge < -0.3 is 9.90 Å². The van der Waals surface area contributed by atoms with E-state index in [1.54, 1.807) is 0 Å². The van der Waals surface area contributed by atoms with Crippen LogP contribution in [0.3, 0.4) is 0 Å². The minimum atomic E-state index is -0.980. The molecule has 0 bridgehead atoms. The van der Waals surface area contributed by atoms with Gasteiger partial charge in [-0.1, -0.05) is 182 Å². The van der Waals surface area contributed by atoms with Crippen LogP contribution >= 0.6 is 27.4 Å². The van der Waals surface area contributed by atoms with E-state index in [1.165, 1.54) is 31.8 Å². The molecule has 0 aliphatic rings. The monoisotopic (exact) mass is 749 g/mol. The number of carbonyl (C=O) groups excluding carboxylic acids is 1. The van der Waals surface area contributed by atoms with Gasteiger partial charge in [0.15, 0.2) is 0 Å². The molecular weight excluding hydrogens is 715 g/mol. The maximum absolute atomic E-state index is 9.24. The zero-order chi connectivity index (χ0) is 32.1. The molecule has 0 atom stereocenters. The van der Waals surface area contributed by atoms with Gasteiger partial charge in [0.05, 0.1) is 0 Å². The quantitative estimate of drug-likeness (QED) is 0.0635. The first-order chi connectivity index (χ1) is 22.2. The van der Waals surface area contributed by atoms with Gasteiger partial charge in [-0.15, -0.1) is 11.6 Å². The molecule has 7 heteroatoms. The first-order valence-electron chi connectivity index (χ1n) is 14.1. The number of benzene rings is 6. The Bertz CT molecular complexity index is 1330. The Hall–Kier alpha value is -3.77. The van der Waals surface area contributed by atoms with Gasteiger partial charge in [0.1, 0.15) is 5.88 Å². The molecule has 0 aliphatic heterocycles. The Balaban J connectivity index is 0.000000263. The topological polar surface area (TPSA) is 54.4 Å². The van der Waals surface area contributed by atoms with Crippen molar-refractivity contribution in [1.82, 2.24) is 0 Å². The summed E-state index contributed by atoms with van der Waals surface area (Å²) in [6, 6.07) is 64.7. The average molecular weight is 749 g/mol. The van der Waals surface area contributed by atoms with Gasteiger partial charge >= 0.3 is 25.4 Å². The first-order valence-corrected chi connectivity index (χ1v) is 17.3. The fourth-order valence-corrected chi connectivity index (χ4v) is 8.97. The maximum atomic E-state index is 9.24. The zero-order valence-electron chi connectivity index (χ0n) is 25.0. The summed E-state index contributed by atoms with van der Waals surface area (Å²) in [4.78, 5) is 17.0. The number of hydrogen-bond acceptors (Lipinski definition) is 2. The van der Waals surface area contributed by atoms with E-state index in [9.17, 15) is 4.79 Å². The minimum Gasteiger partial charge on any atom is -0.545 e. The van der Waals surface area contributed by atoms with E-state index in [0.717, 1.165) is 0 Å². The van der Waals surface area contributed by atoms with E-state index in [1.807, 2.05) is 0 Å². The number of alkyl halides is 1. The molecule has 6 aromatic carbocycles. The second-order valence-electron chi connectivity index (χ2n) is 9.21. The summed E-state index contributed by atoms with van der Waals surface area (Å²) < 4.78 is 0. The van der Waals surface area contributed by atoms with Crippen LogP contribution in [0.5, 0.6) is 0 Å². The molecule has 1 N–H and O–H groups in total. The Morgan fingerprint density at radius 1 is 0.435 bits per heavy atom. The van der Waals surface area contributed by atoms with Crippen molar-refractivity contribution in [1.29, 1.82) is 0 Å². The third kappa shape index (κ3) is 12.6. The number of aliphatic carboxylic acids is 1. The van der Waals surface area contributed by atoms with Crippen molar-refractivity contribution >= 4 is 72.0 Å². The summed E-state index contributed by atoms with van der Waals surface area (Å²) in [7, 11) is -0.892. The van der Waals surface area contributed by atoms with E-state index in [4.69, 9.17) is 21.5 Å². The van der Waals surface area contributed by atoms with E-state index in [0.29, 0.717) is 0 Å². The Kier molecular flexibility index (Phi) is 19.0. The normalized spacial score (nSPS) is 9.63. The molecule has 0 saturated carbocycles. The van der Waals surface area contributed by atoms with E-state index in [-0.39, 0.29) is 25.4 Å². The van der Waals surface area contributed by atoms with E-state index in [2.05, 4.69) is 189 Å². The number of hydrogen-bond donors (Lipinski definition) is 1. The van der Waals surface area contributed by atoms with Crippen molar-refractivity contribution in [2.45, 2.75) is 0 Å². The average Bonchev–Trinajstić information content (AvgIpc) is 3.13. The largest absolute Gasteiger partial charge is 1.00 e. The number of carboxylic acids is 1. The third-order valence-electron chi connectivity index (χ3n) is 6.20. The smallest absolute Gasteiger partial charge is 0.545 e. The zero-order valence-corrected chi connectivity index (χ0v) is 29.3. The van der Waals surface area contributed by atoms with Crippen LogP contribution in [0.2, 0.25) is 0 Å². The molecular formula is C39H34ClO3P2Ru. The van der Waals surface area contributed by atoms with Gasteiger partial charge in [0.2, 0.25) is 0 Å². The SMILES string of the molecule is O=C(O)CCl.[CH-]=O.[Ru+].c1ccc(P(c2ccccc2)c2ccccc2)cc1.c1ccc(P(c2ccccc2)c2ccccc2)cc1. The number of carboxylic acid groups (broad SMARTS) is 1. The van der Waals surface area contributed by atoms with Crippen LogP contribution in [0.15, 0.2) is 182 Å². The summed E-state index contributed by atoms with van der Waals surface area (Å²) in [5.74, 6) is -1.29. The standard InChI is InChI=1S/2C18H15P.C2H3ClO2.CHO.Ru/c2*1-4-10-16(11-5-1)19(17-12-6-2-7-13-17)18-14-8-3-9-15-18;3-1-2(4)5;1-2;/h2*1-15H;1H2,(H,4,5);1H;/q;;;-1;+1. The molecule has 0 spiro atoms. The number of rotatable bonds is 7. The molecule has 0 fully saturated rings. The summed E-state index contributed by atoms with van der Waals surface area (Å²) in [6.07, 6.45) is 0. The molecule has 6 aromatic rings. The van der Waals surface area contributed by atoms with Crippen molar-refractivity contribution < 1.29 is 34.2 Å². The number of halogens is 1. The molecule has 0 unspecified atom stereocenters. The molecule has 233 valence electrons. The number of carbonyl (C=O) groups is 1. The Morgan fingerprint density at radius 2 is 0.565 bits per heavy atom. The van der Waals surface area contributed by atoms with Crippen molar-refractivity contribution in [3.05, 3.63) is 182 Å². The maximum Gasteiger partial charge on any atom is 1.00 e. The van der Waals surface area contributed by atoms with Crippen LogP contribution in [0.25, 0.3) is 0 Å². The van der Waals surface area contributed by atoms with Crippen LogP contribution < -0.4 is 31.8 Å². The molecule has 0 aliphatic carbocycles. The molecule has 1 radical (unpaired) electrons. The molecule has 0 amide bonds. The van der Waals surface area contributed by atoms with Crippen LogP contribution in [0, 0.1) is 0 Å². The van der Waals surface area contributed by atoms with Gasteiger partial charge in [-0.3, -0.25) is 11.6 Å². The van der Waals surface area contributed by atoms with Crippen molar-refractivity contribution in [2.24, 2.45) is 0 Å². The molecule has 0 saturated heterocycles. The second-order valence-corrected chi connectivity index (χ2v) is 13.9. The van der Waals surface area contributed by atoms with Gasteiger partial charge in [0.25, 0.3) is 0 Å². The fourth-order valence-electron chi connectivity index (χ4n) is 4.36. The predicted molar refractivity (Wildman–Crippen MR) is 195 cm³/mol. The second kappa shape index (κ2) is 22.7. The molecule has 0 aromatic heterocycles. The fraction of sp³-hybridized carbons (Fsp3) is 0.0256. The van der Waals surface area contributed by atoms with Crippen LogP contribution in [0.1, 0.15) is 0 Å². The van der Waals surface area contributed by atoms with Gasteiger partial charge in [-0.2, -0.15) is 0 Å². The summed E-state index contributed by atoms with van der Waals surface area (Å²) >= 11 is 4.74. The molecule has 6 rings (SSSR count). The van der Waals surface area contributed by atoms with E-state index >= 15 is 0 Å². The Morgan fingerprint density at radius 3 is 0.674 bits per heavy atom. The van der Waals surface area contributed by atoms with Crippen LogP contribution in [-0.2, 0) is 29.1 Å². The van der Waals surface area contributed by atoms with E-state index < -0.39 is 21.8 Å². The molecule has 46 heavy (non-hydrogen) atoms. The summed E-state index contributed by atoms with van der Waals surface area (Å²) in [5.41, 5.74) is 0. The third-order valence-corrected chi connectivity index (χ3v) is 11.3. The van der Waals surface area contributed by atoms with Crippen molar-refractivity contribution in [2.75, 3.05) is 5.88 Å². The van der Waals surface area contributed by atoms with Gasteiger partial charge in [0, 0.05) is 0 Å². The first kappa shape index (κ1) is 38.4. The summed E-state index contributed by atoms with van der Waals surface area (Å²) in [6.45, 7) is 3.25. The van der Waals surface area contributed by atoms with Crippen LogP contribution in [-0.4, -0.2) is 23.7 Å². The van der Waals surface area contributed by atoms with Gasteiger partial charge in [-0.05, 0) is 47.7 Å². The Labute approximate surface area is 292 Å². The molecule has 3 nitrogen and oxygen atoms in total. The van der Waals surface area contributed by atoms with Crippen LogP contribution in [0.4, 0.5) is 0 Å². The minimum absolute atomic E-state index is 0. The molecule has 0 heterocycles.